The van der Waals surface area contributed by atoms with Crippen LogP contribution in [0.3, 0.4) is 0 Å². The lowest BCUT2D eigenvalue weighted by Gasteiger charge is -2.30. The van der Waals surface area contributed by atoms with Crippen LogP contribution in [0, 0.1) is 12.8 Å². The Morgan fingerprint density at radius 2 is 1.74 bits per heavy atom. The summed E-state index contributed by atoms with van der Waals surface area (Å²) >= 11 is 0. The van der Waals surface area contributed by atoms with Crippen LogP contribution in [0.25, 0.3) is 22.2 Å². The first-order valence-corrected chi connectivity index (χ1v) is 13.0. The monoisotopic (exact) mass is 490 g/mol. The Kier molecular flexibility index (Phi) is 6.36. The van der Waals surface area contributed by atoms with Gasteiger partial charge in [-0.15, -0.1) is 0 Å². The maximum absolute atomic E-state index is 13.2. The van der Waals surface area contributed by atoms with Gasteiger partial charge in [0.15, 0.2) is 0 Å². The SMILES string of the molecule is Cc1ccc(-c2noc(CNC(=O)C3CCN(S(=O)(=O)c4ccc5ccccc5c4)CC3)n2)cc1. The van der Waals surface area contributed by atoms with Gasteiger partial charge in [0.1, 0.15) is 0 Å². The smallest absolute Gasteiger partial charge is 0.246 e. The Morgan fingerprint density at radius 1 is 1.03 bits per heavy atom. The van der Waals surface area contributed by atoms with Crippen molar-refractivity contribution in [2.45, 2.75) is 31.2 Å². The third-order valence-corrected chi connectivity index (χ3v) is 8.27. The van der Waals surface area contributed by atoms with Crippen molar-refractivity contribution < 1.29 is 17.7 Å². The second kappa shape index (κ2) is 9.59. The number of carbonyl (C=O) groups is 1. The molecule has 0 spiro atoms. The summed E-state index contributed by atoms with van der Waals surface area (Å²) in [5, 5.41) is 8.70. The number of benzene rings is 3. The van der Waals surface area contributed by atoms with Gasteiger partial charge in [0.2, 0.25) is 27.6 Å². The molecule has 180 valence electrons. The molecular formula is C26H26N4O4S. The van der Waals surface area contributed by atoms with Crippen LogP contribution in [0.1, 0.15) is 24.3 Å². The molecule has 4 aromatic rings. The van der Waals surface area contributed by atoms with Crippen LogP contribution in [0.5, 0.6) is 0 Å². The molecule has 1 aliphatic heterocycles. The number of aromatic nitrogens is 2. The molecule has 2 heterocycles. The largest absolute Gasteiger partial charge is 0.347 e. The number of nitrogens with one attached hydrogen (secondary N) is 1. The predicted molar refractivity (Wildman–Crippen MR) is 132 cm³/mol. The number of hydrogen-bond acceptors (Lipinski definition) is 6. The number of sulfonamides is 1. The first-order valence-electron chi connectivity index (χ1n) is 11.6. The molecule has 0 saturated carbocycles. The van der Waals surface area contributed by atoms with Crippen molar-refractivity contribution in [1.29, 1.82) is 0 Å². The van der Waals surface area contributed by atoms with E-state index in [1.807, 2.05) is 61.5 Å². The molecule has 1 amide bonds. The second-order valence-corrected chi connectivity index (χ2v) is 10.7. The summed E-state index contributed by atoms with van der Waals surface area (Å²) in [5.41, 5.74) is 1.98. The number of fused-ring (bicyclic) bond motifs is 1. The Bertz CT molecular complexity index is 1460. The first-order chi connectivity index (χ1) is 16.9. The number of amides is 1. The van der Waals surface area contributed by atoms with Crippen LogP contribution in [0.2, 0.25) is 0 Å². The normalized spacial score (nSPS) is 15.3. The van der Waals surface area contributed by atoms with E-state index in [1.165, 1.54) is 4.31 Å². The minimum Gasteiger partial charge on any atom is -0.347 e. The maximum Gasteiger partial charge on any atom is 0.246 e. The van der Waals surface area contributed by atoms with Crippen LogP contribution in [-0.4, -0.2) is 41.9 Å². The summed E-state index contributed by atoms with van der Waals surface area (Å²) < 4.78 is 33.0. The van der Waals surface area contributed by atoms with Crippen LogP contribution >= 0.6 is 0 Å². The molecule has 1 fully saturated rings. The van der Waals surface area contributed by atoms with E-state index >= 15 is 0 Å². The van der Waals surface area contributed by atoms with E-state index in [0.29, 0.717) is 37.6 Å². The Morgan fingerprint density at radius 3 is 2.49 bits per heavy atom. The molecule has 0 atom stereocenters. The highest BCUT2D eigenvalue weighted by atomic mass is 32.2. The molecule has 0 radical (unpaired) electrons. The predicted octanol–water partition coefficient (Wildman–Crippen LogP) is 3.92. The Balaban J connectivity index is 1.16. The van der Waals surface area contributed by atoms with Crippen molar-refractivity contribution in [3.8, 4) is 11.4 Å². The molecule has 35 heavy (non-hydrogen) atoms. The molecule has 3 aromatic carbocycles. The van der Waals surface area contributed by atoms with Crippen LogP contribution < -0.4 is 5.32 Å². The highest BCUT2D eigenvalue weighted by Gasteiger charge is 2.32. The Labute approximate surface area is 204 Å². The van der Waals surface area contributed by atoms with Crippen LogP contribution in [0.4, 0.5) is 0 Å². The molecule has 0 unspecified atom stereocenters. The zero-order valence-corrected chi connectivity index (χ0v) is 20.2. The van der Waals surface area contributed by atoms with E-state index in [4.69, 9.17) is 4.52 Å². The maximum atomic E-state index is 13.2. The van der Waals surface area contributed by atoms with Crippen LogP contribution in [-0.2, 0) is 21.4 Å². The van der Waals surface area contributed by atoms with Crippen molar-refractivity contribution in [3.05, 3.63) is 78.2 Å². The van der Waals surface area contributed by atoms with Gasteiger partial charge in [-0.25, -0.2) is 8.42 Å². The topological polar surface area (TPSA) is 105 Å². The highest BCUT2D eigenvalue weighted by molar-refractivity contribution is 7.89. The third kappa shape index (κ3) is 4.96. The molecule has 0 aliphatic carbocycles. The average Bonchev–Trinajstić information content (AvgIpc) is 3.36. The summed E-state index contributed by atoms with van der Waals surface area (Å²) in [6.07, 6.45) is 0.911. The Hall–Kier alpha value is -3.56. The van der Waals surface area contributed by atoms with Gasteiger partial charge in [0.25, 0.3) is 0 Å². The quantitative estimate of drug-likeness (QED) is 0.439. The lowest BCUT2D eigenvalue weighted by molar-refractivity contribution is -0.126. The first kappa shape index (κ1) is 23.2. The molecule has 1 aromatic heterocycles. The van der Waals surface area contributed by atoms with Crippen molar-refractivity contribution in [3.63, 3.8) is 0 Å². The number of hydrogen-bond donors (Lipinski definition) is 1. The summed E-state index contributed by atoms with van der Waals surface area (Å²) in [5.74, 6) is 0.395. The summed E-state index contributed by atoms with van der Waals surface area (Å²) in [6, 6.07) is 20.6. The zero-order valence-electron chi connectivity index (χ0n) is 19.3. The fraction of sp³-hybridized carbons (Fsp3) is 0.269. The molecule has 5 rings (SSSR count). The zero-order chi connectivity index (χ0) is 24.4. The third-order valence-electron chi connectivity index (χ3n) is 6.38. The van der Waals surface area contributed by atoms with Gasteiger partial charge in [-0.2, -0.15) is 9.29 Å². The second-order valence-electron chi connectivity index (χ2n) is 8.78. The fourth-order valence-corrected chi connectivity index (χ4v) is 5.79. The van der Waals surface area contributed by atoms with Gasteiger partial charge >= 0.3 is 0 Å². The standard InChI is InChI=1S/C26H26N4O4S/c1-18-6-8-20(9-7-18)25-28-24(34-29-25)17-27-26(31)21-12-14-30(15-13-21)35(32,33)23-11-10-19-4-2-3-5-22(19)16-23/h2-11,16,21H,12-15,17H2,1H3,(H,27,31). The molecule has 1 N–H and O–H groups in total. The lowest BCUT2D eigenvalue weighted by atomic mass is 9.97. The molecule has 0 bridgehead atoms. The number of aryl methyl sites for hydroxylation is 1. The molecular weight excluding hydrogens is 464 g/mol. The van der Waals surface area contributed by atoms with Gasteiger partial charge in [-0.3, -0.25) is 4.79 Å². The molecule has 1 saturated heterocycles. The minimum atomic E-state index is -3.62. The highest BCUT2D eigenvalue weighted by Crippen LogP contribution is 2.26. The minimum absolute atomic E-state index is 0.132. The number of nitrogens with zero attached hydrogens (tertiary/aromatic N) is 3. The fourth-order valence-electron chi connectivity index (χ4n) is 4.29. The van der Waals surface area contributed by atoms with Gasteiger partial charge in [0.05, 0.1) is 11.4 Å². The number of piperidine rings is 1. The van der Waals surface area contributed by atoms with Crippen LogP contribution in [0.15, 0.2) is 76.1 Å². The van der Waals surface area contributed by atoms with Crippen molar-refractivity contribution in [1.82, 2.24) is 19.8 Å². The summed E-state index contributed by atoms with van der Waals surface area (Å²) in [4.78, 5) is 17.3. The average molecular weight is 491 g/mol. The van der Waals surface area contributed by atoms with E-state index in [2.05, 4.69) is 15.5 Å². The van der Waals surface area contributed by atoms with Crippen molar-refractivity contribution in [2.75, 3.05) is 13.1 Å². The summed E-state index contributed by atoms with van der Waals surface area (Å²) in [7, 11) is -3.62. The van der Waals surface area contributed by atoms with E-state index in [1.54, 1.807) is 12.1 Å². The molecule has 1 aliphatic rings. The van der Waals surface area contributed by atoms with Gasteiger partial charge in [0, 0.05) is 24.6 Å². The number of rotatable bonds is 6. The summed E-state index contributed by atoms with van der Waals surface area (Å²) in [6.45, 7) is 2.73. The van der Waals surface area contributed by atoms with E-state index in [-0.39, 0.29) is 23.3 Å². The molecule has 8 nitrogen and oxygen atoms in total. The van der Waals surface area contributed by atoms with E-state index < -0.39 is 10.0 Å². The van der Waals surface area contributed by atoms with Gasteiger partial charge in [-0.05, 0) is 42.7 Å². The van der Waals surface area contributed by atoms with E-state index in [9.17, 15) is 13.2 Å². The van der Waals surface area contributed by atoms with Gasteiger partial charge < -0.3 is 9.84 Å². The van der Waals surface area contributed by atoms with E-state index in [0.717, 1.165) is 21.9 Å². The van der Waals surface area contributed by atoms with Crippen molar-refractivity contribution in [2.24, 2.45) is 5.92 Å². The number of carbonyl (C=O) groups excluding carboxylic acids is 1. The van der Waals surface area contributed by atoms with Gasteiger partial charge in [-0.1, -0.05) is 65.3 Å². The lowest BCUT2D eigenvalue weighted by Crippen LogP contribution is -2.42. The molecule has 9 heteroatoms. The van der Waals surface area contributed by atoms with Crippen molar-refractivity contribution >= 4 is 26.7 Å².